The zero-order valence-corrected chi connectivity index (χ0v) is 90.9. The first-order valence-electron chi connectivity index (χ1n) is 53.3. The van der Waals surface area contributed by atoms with E-state index in [1.807, 2.05) is 67.9 Å². The van der Waals surface area contributed by atoms with Gasteiger partial charge in [0.25, 0.3) is 0 Å². The van der Waals surface area contributed by atoms with Crippen LogP contribution < -0.4 is 0 Å². The number of fused-ring (bicyclic) bond motifs is 10. The maximum atomic E-state index is 14.1. The van der Waals surface area contributed by atoms with Crippen LogP contribution in [0.5, 0.6) is 0 Å². The van der Waals surface area contributed by atoms with E-state index < -0.39 is 6.17 Å². The van der Waals surface area contributed by atoms with Crippen molar-refractivity contribution in [2.75, 3.05) is 0 Å². The van der Waals surface area contributed by atoms with Crippen LogP contribution in [0.3, 0.4) is 0 Å². The highest BCUT2D eigenvalue weighted by Gasteiger charge is 2.56. The average Bonchev–Trinajstić information content (AvgIpc) is 1.54. The Balaban J connectivity index is 0.000000110. The van der Waals surface area contributed by atoms with Crippen molar-refractivity contribution in [3.8, 4) is 0 Å². The van der Waals surface area contributed by atoms with Crippen LogP contribution in [0.25, 0.3) is 0 Å². The molecule has 147 heavy (non-hydrogen) atoms. The second-order valence-corrected chi connectivity index (χ2v) is 49.3. The van der Waals surface area contributed by atoms with Crippen molar-refractivity contribution < 1.29 is 8.78 Å². The van der Waals surface area contributed by atoms with E-state index in [1.165, 1.54) is 69.5 Å². The Kier molecular flexibility index (Phi) is 29.3. The Labute approximate surface area is 868 Å². The molecule has 0 bridgehead atoms. The van der Waals surface area contributed by atoms with Crippen molar-refractivity contribution in [3.05, 3.63) is 386 Å². The highest BCUT2D eigenvalue weighted by Crippen LogP contribution is 2.61. The molecule has 25 heteroatoms. The van der Waals surface area contributed by atoms with Gasteiger partial charge in [0.05, 0.1) is 41.9 Å². The van der Waals surface area contributed by atoms with E-state index in [4.69, 9.17) is 35.5 Å². The topological polar surface area (TPSA) is 233 Å². The molecule has 16 aromatic rings. The van der Waals surface area contributed by atoms with E-state index in [2.05, 4.69) is 402 Å². The molecule has 0 N–H and O–H groups in total. The van der Waals surface area contributed by atoms with Gasteiger partial charge in [-0.05, 0) is 102 Å². The minimum Gasteiger partial charge on any atom is -0.269 e. The molecule has 23 nitrogen and oxygen atoms in total. The van der Waals surface area contributed by atoms with Crippen molar-refractivity contribution >= 4 is 0 Å². The predicted molar refractivity (Wildman–Crippen MR) is 578 cm³/mol. The summed E-state index contributed by atoms with van der Waals surface area (Å²) in [5.41, 5.74) is 12.6. The summed E-state index contributed by atoms with van der Waals surface area (Å²) in [7, 11) is 0. The molecule has 8 aliphatic heterocycles. The van der Waals surface area contributed by atoms with Gasteiger partial charge in [0.2, 0.25) is 0 Å². The number of halogens is 2. The largest absolute Gasteiger partial charge is 0.269 e. The third kappa shape index (κ3) is 23.1. The van der Waals surface area contributed by atoms with E-state index in [-0.39, 0.29) is 61.2 Å². The molecule has 0 amide bonds. The molecule has 0 saturated heterocycles. The van der Waals surface area contributed by atoms with Gasteiger partial charge in [-0.15, -0.1) is 0 Å². The lowest BCUT2D eigenvalue weighted by molar-refractivity contribution is 0.326. The van der Waals surface area contributed by atoms with Crippen LogP contribution in [0.1, 0.15) is 415 Å². The number of hydrogen-bond donors (Lipinski definition) is 0. The lowest BCUT2D eigenvalue weighted by Crippen LogP contribution is -2.16. The summed E-state index contributed by atoms with van der Waals surface area (Å²) in [6.45, 7) is 53.6. The zero-order valence-electron chi connectivity index (χ0n) is 90.9. The Morgan fingerprint density at radius 2 is 0.565 bits per heavy atom. The van der Waals surface area contributed by atoms with Crippen LogP contribution in [0.4, 0.5) is 8.78 Å². The van der Waals surface area contributed by atoms with Gasteiger partial charge in [0.1, 0.15) is 40.8 Å². The van der Waals surface area contributed by atoms with Crippen molar-refractivity contribution in [3.63, 3.8) is 0 Å². The first-order valence-corrected chi connectivity index (χ1v) is 53.3. The lowest BCUT2D eigenvalue weighted by atomic mass is 9.89. The summed E-state index contributed by atoms with van der Waals surface area (Å²) in [4.78, 5) is 32.6. The Bertz CT molecular complexity index is 6460. The van der Waals surface area contributed by atoms with Crippen LogP contribution in [-0.2, 0) is 82.1 Å². The molecule has 25 rings (SSSR count). The molecule has 16 heterocycles. The quantitative estimate of drug-likeness (QED) is 0.138. The summed E-state index contributed by atoms with van der Waals surface area (Å²) >= 11 is 0. The van der Waals surface area contributed by atoms with Crippen molar-refractivity contribution in [2.45, 2.75) is 360 Å². The number of aromatic nitrogens is 23. The highest BCUT2D eigenvalue weighted by atomic mass is 19.1. The summed E-state index contributed by atoms with van der Waals surface area (Å²) in [5, 5.41) is 37.5. The maximum absolute atomic E-state index is 14.1. The number of alkyl halides is 1. The summed E-state index contributed by atoms with van der Waals surface area (Å²) in [6, 6.07) is 84.6. The number of nitrogens with zero attached hydrogens (tertiary/aromatic N) is 23. The van der Waals surface area contributed by atoms with Crippen molar-refractivity contribution in [1.29, 1.82) is 0 Å². The van der Waals surface area contributed by atoms with Crippen LogP contribution in [0.15, 0.2) is 243 Å². The van der Waals surface area contributed by atoms with Gasteiger partial charge in [-0.3, -0.25) is 4.68 Å². The average molecular weight is 1980 g/mol. The fourth-order valence-corrected chi connectivity index (χ4v) is 20.7. The van der Waals surface area contributed by atoms with E-state index in [0.717, 1.165) is 146 Å². The lowest BCUT2D eigenvalue weighted by Gasteiger charge is -2.16. The number of rotatable bonds is 8. The molecule has 9 aliphatic rings. The second kappa shape index (κ2) is 41.5. The Hall–Kier alpha value is -13.2. The normalized spacial score (nSPS) is 20.5. The smallest absolute Gasteiger partial charge is 0.162 e. The van der Waals surface area contributed by atoms with Crippen LogP contribution in [-0.4, -0.2) is 113 Å². The standard InChI is InChI=1S/C16H19N3.C16H20N2.2C15H18FN3.4C15H19N3/c1-16(2,3)15-17-14-12-9-11(12)13(19(14)18-15)10-7-5-4-6-8-10;1-16(2,3)15-11-14-13(9-10-18(14)17-15)12-7-5-4-6-8-12;1-15(2,3)14-17-13-9-8-12(19(13)18-14)10-6-4-5-7-11(10)16;1-15(2,3)14-17-13-11(16)9-12(19(13)18-14)10-7-5-4-6-8-10;1-15(2,3)14-16-13-12(9-10-18(13)17-14)11-7-5-4-6-8-11;3*1-15(2,3)14-16-13-10-9-12(18(13)17-14)11-7-5-4-6-8-11/h4-8,11-13H,9H2,1-3H3;4-8,11,13H,9-10H2,1-3H3;4-7,12H,8-9H2,1-3H3;4-8,11-12H,9H2,1-3H3;4*4-8,12H,9-10H2,1-3H3/t;13-;;11-,12-;3*12-;/m.1.1010./s1. The molecule has 1 aliphatic carbocycles. The molecule has 5 unspecified atom stereocenters. The summed E-state index contributed by atoms with van der Waals surface area (Å²) < 4.78 is 44.5. The minimum atomic E-state index is -1.02. The van der Waals surface area contributed by atoms with Crippen LogP contribution in [0.2, 0.25) is 0 Å². The fourth-order valence-electron chi connectivity index (χ4n) is 20.7. The van der Waals surface area contributed by atoms with Crippen molar-refractivity contribution in [1.82, 2.24) is 113 Å². The van der Waals surface area contributed by atoms with E-state index >= 15 is 0 Å². The van der Waals surface area contributed by atoms with Gasteiger partial charge in [-0.2, -0.15) is 40.8 Å². The van der Waals surface area contributed by atoms with Gasteiger partial charge in [-0.1, -0.05) is 397 Å². The Morgan fingerprint density at radius 1 is 0.259 bits per heavy atom. The van der Waals surface area contributed by atoms with Gasteiger partial charge < -0.3 is 0 Å². The van der Waals surface area contributed by atoms with Crippen LogP contribution >= 0.6 is 0 Å². The minimum absolute atomic E-state index is 0.0141. The molecule has 0 radical (unpaired) electrons. The van der Waals surface area contributed by atoms with E-state index in [9.17, 15) is 8.78 Å². The molecule has 8 aromatic heterocycles. The predicted octanol–water partition coefficient (Wildman–Crippen LogP) is 26.3. The first kappa shape index (κ1) is 104. The second-order valence-electron chi connectivity index (χ2n) is 49.3. The number of aryl methyl sites for hydroxylation is 6. The third-order valence-corrected chi connectivity index (χ3v) is 29.2. The van der Waals surface area contributed by atoms with Gasteiger partial charge in [0, 0.05) is 118 Å². The van der Waals surface area contributed by atoms with Gasteiger partial charge in [0.15, 0.2) is 52.8 Å². The number of benzene rings is 8. The van der Waals surface area contributed by atoms with E-state index in [1.54, 1.807) is 10.7 Å². The molecule has 1 fully saturated rings. The van der Waals surface area contributed by atoms with Crippen molar-refractivity contribution in [2.24, 2.45) is 5.92 Å². The Morgan fingerprint density at radius 3 is 0.959 bits per heavy atom. The maximum Gasteiger partial charge on any atom is 0.162 e. The molecule has 8 aromatic carbocycles. The molecule has 768 valence electrons. The highest BCUT2D eigenvalue weighted by molar-refractivity contribution is 5.38. The molecule has 0 spiro atoms. The molecule has 11 atom stereocenters. The zero-order chi connectivity index (χ0) is 104. The molecule has 1 saturated carbocycles. The monoisotopic (exact) mass is 1980 g/mol. The van der Waals surface area contributed by atoms with Gasteiger partial charge >= 0.3 is 0 Å². The third-order valence-electron chi connectivity index (χ3n) is 29.2. The summed E-state index contributed by atoms with van der Waals surface area (Å²) in [6.07, 6.45) is 11.2. The van der Waals surface area contributed by atoms with E-state index in [0.29, 0.717) is 65.6 Å². The summed E-state index contributed by atoms with van der Waals surface area (Å²) in [5.74, 6) is 15.7. The SMILES string of the molecule is CC(C)(C)c1cc2n(n1)CC[C@@H]2c1ccccc1.CC(C)(C)c1nc2n(n1)C(c1ccccc1)C1CC21.CC(C)(C)c1nc2n(n1)C(c1ccccc1)CC2.CC(C)(C)c1nc2n(n1)C(c1ccccc1F)CC2.CC(C)(C)c1nc2n(n1)CC[C@H]2c1ccccc1.CC(C)(C)c1nc2n(n1)[C@@H](c1ccccc1)CC2.CC(C)(C)c1nc2n(n1)[C@@H](c1ccccc1)C[C@H]2F.CC(C)(C)c1nc2n(n1)[C@H](c1ccccc1)CC2. The fraction of sp³-hybridized carbons (Fsp3) is 0.467. The molecular weight excluding hydrogens is 1830 g/mol. The van der Waals surface area contributed by atoms with Gasteiger partial charge in [-0.25, -0.2) is 76.4 Å². The van der Waals surface area contributed by atoms with Crippen LogP contribution in [0, 0.1) is 11.7 Å². The number of hydrogen-bond acceptors (Lipinski definition) is 15. The first-order chi connectivity index (χ1) is 69.8. The molecular formula is C122H151F2N23.